The number of hydrogen-bond acceptors (Lipinski definition) is 2. The molecule has 7 aromatic rings. The first-order chi connectivity index (χ1) is 20.8. The lowest BCUT2D eigenvalue weighted by Crippen LogP contribution is -1.90. The van der Waals surface area contributed by atoms with Crippen LogP contribution in [0.5, 0.6) is 0 Å². The highest BCUT2D eigenvalue weighted by Crippen LogP contribution is 2.35. The summed E-state index contributed by atoms with van der Waals surface area (Å²) >= 11 is 0. The molecule has 0 atom stereocenters. The maximum Gasteiger partial charge on any atom is 0.0970 e. The number of fused-ring (bicyclic) bond motifs is 3. The Bertz CT molecular complexity index is 2000. The van der Waals surface area contributed by atoms with Crippen molar-refractivity contribution < 1.29 is 0 Å². The van der Waals surface area contributed by atoms with Crippen LogP contribution in [0.15, 0.2) is 146 Å². The van der Waals surface area contributed by atoms with Crippen LogP contribution in [0.25, 0.3) is 44.1 Å². The van der Waals surface area contributed by atoms with Gasteiger partial charge in [0.1, 0.15) is 0 Å². The Balaban J connectivity index is 1.21. The summed E-state index contributed by atoms with van der Waals surface area (Å²) in [7, 11) is 0. The van der Waals surface area contributed by atoms with Crippen LogP contribution in [0.1, 0.15) is 22.3 Å². The van der Waals surface area contributed by atoms with E-state index in [4.69, 9.17) is 9.97 Å². The van der Waals surface area contributed by atoms with Crippen molar-refractivity contribution in [1.82, 2.24) is 9.97 Å². The molecule has 2 heteroatoms. The van der Waals surface area contributed by atoms with Gasteiger partial charge in [-0.1, -0.05) is 96.5 Å². The SMILES string of the molecule is C(#Cc1ccc(-c2ccnc3c2ccc2c(-c4ccc(C#Cc5ccccc5)cc4)ccnc23)cc1)c1ccccc1. The van der Waals surface area contributed by atoms with Crippen LogP contribution < -0.4 is 0 Å². The molecule has 0 N–H and O–H groups in total. The molecule has 42 heavy (non-hydrogen) atoms. The second-order valence-electron chi connectivity index (χ2n) is 9.96. The van der Waals surface area contributed by atoms with Crippen molar-refractivity contribution >= 4 is 21.8 Å². The van der Waals surface area contributed by atoms with Gasteiger partial charge in [0, 0.05) is 45.4 Å². The molecule has 5 aromatic carbocycles. The average molecular weight is 533 g/mol. The fourth-order valence-electron chi connectivity index (χ4n) is 5.13. The molecule has 0 bridgehead atoms. The molecule has 0 aliphatic carbocycles. The second kappa shape index (κ2) is 11.3. The number of rotatable bonds is 2. The van der Waals surface area contributed by atoms with E-state index in [1.807, 2.05) is 73.1 Å². The molecule has 0 fully saturated rings. The summed E-state index contributed by atoms with van der Waals surface area (Å²) in [6.07, 6.45) is 3.74. The van der Waals surface area contributed by atoms with E-state index < -0.39 is 0 Å². The van der Waals surface area contributed by atoms with E-state index in [0.29, 0.717) is 0 Å². The lowest BCUT2D eigenvalue weighted by atomic mass is 9.96. The minimum atomic E-state index is 0.894. The molecule has 0 unspecified atom stereocenters. The quantitative estimate of drug-likeness (QED) is 0.164. The summed E-state index contributed by atoms with van der Waals surface area (Å²) < 4.78 is 0. The van der Waals surface area contributed by atoms with Crippen molar-refractivity contribution in [3.8, 4) is 45.9 Å². The van der Waals surface area contributed by atoms with Crippen molar-refractivity contribution in [2.45, 2.75) is 0 Å². The van der Waals surface area contributed by atoms with Gasteiger partial charge in [0.15, 0.2) is 0 Å². The van der Waals surface area contributed by atoms with E-state index in [1.54, 1.807) is 0 Å². The molecule has 0 saturated carbocycles. The van der Waals surface area contributed by atoms with E-state index in [-0.39, 0.29) is 0 Å². The van der Waals surface area contributed by atoms with Crippen LogP contribution >= 0.6 is 0 Å². The van der Waals surface area contributed by atoms with Crippen molar-refractivity contribution in [2.24, 2.45) is 0 Å². The zero-order chi connectivity index (χ0) is 28.1. The van der Waals surface area contributed by atoms with E-state index in [0.717, 1.165) is 66.3 Å². The molecular weight excluding hydrogens is 508 g/mol. The Morgan fingerprint density at radius 2 is 0.690 bits per heavy atom. The molecule has 0 spiro atoms. The fraction of sp³-hybridized carbons (Fsp3) is 0. The number of pyridine rings is 2. The molecule has 2 aromatic heterocycles. The van der Waals surface area contributed by atoms with Gasteiger partial charge in [0.05, 0.1) is 11.0 Å². The van der Waals surface area contributed by atoms with Crippen LogP contribution in [-0.2, 0) is 0 Å². The van der Waals surface area contributed by atoms with E-state index in [2.05, 4.69) is 96.5 Å². The maximum absolute atomic E-state index is 4.78. The minimum absolute atomic E-state index is 0.894. The molecule has 0 radical (unpaired) electrons. The third-order valence-electron chi connectivity index (χ3n) is 7.26. The zero-order valence-electron chi connectivity index (χ0n) is 22.8. The minimum Gasteiger partial charge on any atom is -0.254 e. The van der Waals surface area contributed by atoms with Crippen molar-refractivity contribution in [3.05, 3.63) is 168 Å². The van der Waals surface area contributed by atoms with Gasteiger partial charge in [-0.2, -0.15) is 0 Å². The predicted molar refractivity (Wildman–Crippen MR) is 173 cm³/mol. The van der Waals surface area contributed by atoms with Gasteiger partial charge in [-0.15, -0.1) is 0 Å². The van der Waals surface area contributed by atoms with Gasteiger partial charge < -0.3 is 0 Å². The third-order valence-corrected chi connectivity index (χ3v) is 7.26. The zero-order valence-corrected chi connectivity index (χ0v) is 22.8. The van der Waals surface area contributed by atoms with Gasteiger partial charge in [-0.05, 0) is 82.9 Å². The monoisotopic (exact) mass is 532 g/mol. The first-order valence-electron chi connectivity index (χ1n) is 13.8. The van der Waals surface area contributed by atoms with Crippen LogP contribution in [-0.4, -0.2) is 9.97 Å². The lowest BCUT2D eigenvalue weighted by Gasteiger charge is -2.11. The number of benzene rings is 5. The first kappa shape index (κ1) is 25.0. The third kappa shape index (κ3) is 5.14. The van der Waals surface area contributed by atoms with Crippen molar-refractivity contribution in [1.29, 1.82) is 0 Å². The van der Waals surface area contributed by atoms with E-state index in [9.17, 15) is 0 Å². The van der Waals surface area contributed by atoms with Gasteiger partial charge in [0.25, 0.3) is 0 Å². The highest BCUT2D eigenvalue weighted by atomic mass is 14.7. The summed E-state index contributed by atoms with van der Waals surface area (Å²) in [6.45, 7) is 0. The topological polar surface area (TPSA) is 25.8 Å². The van der Waals surface area contributed by atoms with Crippen LogP contribution in [0.3, 0.4) is 0 Å². The molecule has 0 aliphatic rings. The fourth-order valence-corrected chi connectivity index (χ4v) is 5.13. The largest absolute Gasteiger partial charge is 0.254 e. The van der Waals surface area contributed by atoms with Crippen LogP contribution in [0.4, 0.5) is 0 Å². The Morgan fingerprint density at radius 1 is 0.333 bits per heavy atom. The maximum atomic E-state index is 4.78. The first-order valence-corrected chi connectivity index (χ1v) is 13.8. The molecular formula is C40H24N2. The lowest BCUT2D eigenvalue weighted by molar-refractivity contribution is 1.37. The summed E-state index contributed by atoms with van der Waals surface area (Å²) in [4.78, 5) is 9.55. The Labute approximate surface area is 245 Å². The standard InChI is InChI=1S/C40H24N2/c1-3-7-29(8-4-1)11-13-31-15-19-33(20-16-31)35-25-27-41-39-37(35)23-24-38-36(26-28-42-40(38)39)34-21-17-32(18-22-34)14-12-30-9-5-2-6-10-30/h1-10,15-28H. The van der Waals surface area contributed by atoms with Gasteiger partial charge >= 0.3 is 0 Å². The molecule has 2 heterocycles. The summed E-state index contributed by atoms with van der Waals surface area (Å²) in [5.41, 5.74) is 10.3. The molecule has 194 valence electrons. The molecule has 2 nitrogen and oxygen atoms in total. The van der Waals surface area contributed by atoms with Gasteiger partial charge in [-0.25, -0.2) is 0 Å². The molecule has 0 aliphatic heterocycles. The Kier molecular flexibility index (Phi) is 6.71. The molecule has 0 saturated heterocycles. The number of nitrogens with zero attached hydrogens (tertiary/aromatic N) is 2. The van der Waals surface area contributed by atoms with Crippen molar-refractivity contribution in [3.63, 3.8) is 0 Å². The normalized spacial score (nSPS) is 10.5. The smallest absolute Gasteiger partial charge is 0.0970 e. The van der Waals surface area contributed by atoms with Gasteiger partial charge in [0.2, 0.25) is 0 Å². The predicted octanol–water partition coefficient (Wildman–Crippen LogP) is 8.92. The average Bonchev–Trinajstić information content (AvgIpc) is 3.07. The highest BCUT2D eigenvalue weighted by Gasteiger charge is 2.12. The van der Waals surface area contributed by atoms with Crippen LogP contribution in [0.2, 0.25) is 0 Å². The number of aromatic nitrogens is 2. The second-order valence-corrected chi connectivity index (χ2v) is 9.96. The summed E-state index contributed by atoms with van der Waals surface area (Å²) in [6, 6.07) is 45.3. The Morgan fingerprint density at radius 3 is 1.07 bits per heavy atom. The number of hydrogen-bond donors (Lipinski definition) is 0. The molecule has 7 rings (SSSR count). The highest BCUT2D eigenvalue weighted by molar-refractivity contribution is 6.11. The van der Waals surface area contributed by atoms with Gasteiger partial charge in [-0.3, -0.25) is 9.97 Å². The summed E-state index contributed by atoms with van der Waals surface area (Å²) in [5, 5.41) is 2.15. The van der Waals surface area contributed by atoms with Crippen LogP contribution in [0, 0.1) is 23.7 Å². The Hall–Kier alpha value is -5.96. The van der Waals surface area contributed by atoms with E-state index >= 15 is 0 Å². The summed E-state index contributed by atoms with van der Waals surface area (Å²) in [5.74, 6) is 13.0. The van der Waals surface area contributed by atoms with Crippen molar-refractivity contribution in [2.75, 3.05) is 0 Å². The van der Waals surface area contributed by atoms with E-state index in [1.165, 1.54) is 0 Å². The molecule has 0 amide bonds.